The van der Waals surface area contributed by atoms with Gasteiger partial charge in [-0.15, -0.1) is 0 Å². The molecule has 2 rings (SSSR count). The molecule has 1 aliphatic rings. The van der Waals surface area contributed by atoms with Crippen molar-refractivity contribution in [1.29, 1.82) is 0 Å². The lowest BCUT2D eigenvalue weighted by molar-refractivity contribution is 0.632. The van der Waals surface area contributed by atoms with E-state index in [1.807, 2.05) is 11.1 Å². The lowest BCUT2D eigenvalue weighted by atomic mass is 10.1. The first-order valence-electron chi connectivity index (χ1n) is 4.85. The van der Waals surface area contributed by atoms with Crippen molar-refractivity contribution in [2.45, 2.75) is 24.3 Å². The summed E-state index contributed by atoms with van der Waals surface area (Å²) in [6.45, 7) is 6.29. The molecule has 0 spiro atoms. The van der Waals surface area contributed by atoms with Crippen LogP contribution in [-0.4, -0.2) is 13.5 Å². The SMILES string of the molecule is CC1=C(C)C(C)(I)NN1c1ccnc(Cl)n1. The highest BCUT2D eigenvalue weighted by atomic mass is 127. The molecule has 0 aliphatic carbocycles. The van der Waals surface area contributed by atoms with E-state index in [1.165, 1.54) is 5.57 Å². The van der Waals surface area contributed by atoms with Crippen LogP contribution in [0.1, 0.15) is 20.8 Å². The Hall–Kier alpha value is -0.400. The van der Waals surface area contributed by atoms with Gasteiger partial charge in [0.15, 0.2) is 5.82 Å². The zero-order chi connectivity index (χ0) is 11.9. The molecule has 0 radical (unpaired) electrons. The standard InChI is InChI=1S/C10H12ClIN4/c1-6-7(2)16(15-10(6,3)12)8-4-5-13-9(11)14-8/h4-5,15H,1-3H3. The summed E-state index contributed by atoms with van der Waals surface area (Å²) in [5, 5.41) is 2.20. The van der Waals surface area contributed by atoms with Crippen LogP contribution >= 0.6 is 34.2 Å². The van der Waals surface area contributed by atoms with Crippen LogP contribution in [0.4, 0.5) is 5.82 Å². The van der Waals surface area contributed by atoms with Crippen LogP contribution < -0.4 is 10.4 Å². The van der Waals surface area contributed by atoms with Crippen LogP contribution in [0.2, 0.25) is 5.28 Å². The molecule has 6 heteroatoms. The quantitative estimate of drug-likeness (QED) is 0.366. The molecular formula is C10H12ClIN4. The lowest BCUT2D eigenvalue weighted by Gasteiger charge is -2.24. The van der Waals surface area contributed by atoms with Gasteiger partial charge in [0.2, 0.25) is 5.28 Å². The van der Waals surface area contributed by atoms with Crippen LogP contribution in [0.3, 0.4) is 0 Å². The van der Waals surface area contributed by atoms with E-state index in [0.717, 1.165) is 11.5 Å². The van der Waals surface area contributed by atoms with E-state index in [4.69, 9.17) is 11.6 Å². The molecule has 1 aliphatic heterocycles. The molecule has 0 saturated heterocycles. The molecule has 0 saturated carbocycles. The van der Waals surface area contributed by atoms with Crippen LogP contribution in [-0.2, 0) is 0 Å². The van der Waals surface area contributed by atoms with E-state index in [9.17, 15) is 0 Å². The Balaban J connectivity index is 2.39. The summed E-state index contributed by atoms with van der Waals surface area (Å²) >= 11 is 8.15. The third kappa shape index (κ3) is 2.03. The monoisotopic (exact) mass is 350 g/mol. The maximum atomic E-state index is 5.78. The number of hydrazine groups is 1. The third-order valence-electron chi connectivity index (χ3n) is 2.74. The van der Waals surface area contributed by atoms with Crippen molar-refractivity contribution in [3.8, 4) is 0 Å². The second-order valence-electron chi connectivity index (χ2n) is 3.84. The minimum atomic E-state index is -0.0841. The van der Waals surface area contributed by atoms with Crippen molar-refractivity contribution in [3.05, 3.63) is 28.8 Å². The van der Waals surface area contributed by atoms with Gasteiger partial charge in [0.1, 0.15) is 3.55 Å². The smallest absolute Gasteiger partial charge is 0.224 e. The van der Waals surface area contributed by atoms with Crippen molar-refractivity contribution in [3.63, 3.8) is 0 Å². The van der Waals surface area contributed by atoms with Crippen molar-refractivity contribution in [1.82, 2.24) is 15.4 Å². The number of nitrogens with zero attached hydrogens (tertiary/aromatic N) is 3. The van der Waals surface area contributed by atoms with E-state index in [-0.39, 0.29) is 8.83 Å². The van der Waals surface area contributed by atoms with Crippen LogP contribution in [0.25, 0.3) is 0 Å². The van der Waals surface area contributed by atoms with Gasteiger partial charge in [0.25, 0.3) is 0 Å². The van der Waals surface area contributed by atoms with Gasteiger partial charge in [-0.2, -0.15) is 4.98 Å². The maximum Gasteiger partial charge on any atom is 0.224 e. The number of hydrogen-bond donors (Lipinski definition) is 1. The Kier molecular flexibility index (Phi) is 3.11. The highest BCUT2D eigenvalue weighted by Crippen LogP contribution is 2.36. The summed E-state index contributed by atoms with van der Waals surface area (Å²) in [6.07, 6.45) is 1.65. The van der Waals surface area contributed by atoms with Crippen molar-refractivity contribution < 1.29 is 0 Å². The summed E-state index contributed by atoms with van der Waals surface area (Å²) in [5.41, 5.74) is 5.80. The Morgan fingerprint density at radius 3 is 2.69 bits per heavy atom. The fourth-order valence-electron chi connectivity index (χ4n) is 1.56. The molecule has 86 valence electrons. The summed E-state index contributed by atoms with van der Waals surface area (Å²) in [6, 6.07) is 1.83. The largest absolute Gasteiger partial charge is 0.262 e. The second kappa shape index (κ2) is 4.12. The topological polar surface area (TPSA) is 41.0 Å². The second-order valence-corrected chi connectivity index (χ2v) is 6.34. The van der Waals surface area contributed by atoms with E-state index in [1.54, 1.807) is 6.20 Å². The van der Waals surface area contributed by atoms with Gasteiger partial charge in [-0.3, -0.25) is 5.01 Å². The van der Waals surface area contributed by atoms with E-state index < -0.39 is 0 Å². The van der Waals surface area contributed by atoms with E-state index >= 15 is 0 Å². The highest BCUT2D eigenvalue weighted by molar-refractivity contribution is 14.1. The average Bonchev–Trinajstić information content (AvgIpc) is 2.42. The van der Waals surface area contributed by atoms with Crippen molar-refractivity contribution in [2.24, 2.45) is 0 Å². The number of rotatable bonds is 1. The zero-order valence-electron chi connectivity index (χ0n) is 9.25. The van der Waals surface area contributed by atoms with Crippen LogP contribution in [0, 0.1) is 0 Å². The van der Waals surface area contributed by atoms with E-state index in [0.29, 0.717) is 0 Å². The molecule has 1 aromatic rings. The Bertz CT molecular complexity index is 458. The number of allylic oxidation sites excluding steroid dienone is 1. The van der Waals surface area contributed by atoms with Gasteiger partial charge in [-0.1, -0.05) is 22.6 Å². The maximum absolute atomic E-state index is 5.78. The minimum absolute atomic E-state index is 0.0841. The third-order valence-corrected chi connectivity index (χ3v) is 3.98. The molecular weight excluding hydrogens is 338 g/mol. The number of aromatic nitrogens is 2. The minimum Gasteiger partial charge on any atom is -0.262 e. The first-order valence-corrected chi connectivity index (χ1v) is 6.31. The predicted molar refractivity (Wildman–Crippen MR) is 73.5 cm³/mol. The average molecular weight is 351 g/mol. The van der Waals surface area contributed by atoms with Crippen LogP contribution in [0.5, 0.6) is 0 Å². The molecule has 0 fully saturated rings. The molecule has 1 unspecified atom stereocenters. The normalized spacial score (nSPS) is 25.4. The molecule has 0 bridgehead atoms. The first kappa shape index (κ1) is 12.1. The summed E-state index contributed by atoms with van der Waals surface area (Å²) in [5.74, 6) is 0.761. The van der Waals surface area contributed by atoms with Gasteiger partial charge >= 0.3 is 0 Å². The number of anilines is 1. The number of halogens is 2. The molecule has 0 amide bonds. The molecule has 4 nitrogen and oxygen atoms in total. The van der Waals surface area contributed by atoms with Gasteiger partial charge < -0.3 is 0 Å². The van der Waals surface area contributed by atoms with Crippen LogP contribution in [0.15, 0.2) is 23.5 Å². The number of hydrogen-bond acceptors (Lipinski definition) is 4. The zero-order valence-corrected chi connectivity index (χ0v) is 12.2. The fraction of sp³-hybridized carbons (Fsp3) is 0.400. The Labute approximate surface area is 113 Å². The Morgan fingerprint density at radius 2 is 2.19 bits per heavy atom. The number of alkyl halides is 1. The summed E-state index contributed by atoms with van der Waals surface area (Å²) < 4.78 is -0.0841. The van der Waals surface area contributed by atoms with Gasteiger partial charge in [0, 0.05) is 18.0 Å². The predicted octanol–water partition coefficient (Wildman–Crippen LogP) is 2.90. The molecule has 0 aromatic carbocycles. The number of nitrogens with one attached hydrogen (secondary N) is 1. The van der Waals surface area contributed by atoms with Gasteiger partial charge in [-0.05, 0) is 37.9 Å². The molecule has 16 heavy (non-hydrogen) atoms. The van der Waals surface area contributed by atoms with Gasteiger partial charge in [0.05, 0.1) is 0 Å². The van der Waals surface area contributed by atoms with E-state index in [2.05, 4.69) is 58.8 Å². The molecule has 1 aromatic heterocycles. The first-order chi connectivity index (χ1) is 7.42. The fourth-order valence-corrected chi connectivity index (χ4v) is 2.34. The van der Waals surface area contributed by atoms with Crippen molar-refractivity contribution >= 4 is 40.0 Å². The van der Waals surface area contributed by atoms with Gasteiger partial charge in [-0.25, -0.2) is 10.4 Å². The highest BCUT2D eigenvalue weighted by Gasteiger charge is 2.35. The lowest BCUT2D eigenvalue weighted by Crippen LogP contribution is -2.42. The molecule has 1 N–H and O–H groups in total. The molecule has 1 atom stereocenters. The summed E-state index contributed by atoms with van der Waals surface area (Å²) in [7, 11) is 0. The Morgan fingerprint density at radius 1 is 1.50 bits per heavy atom. The molecule has 2 heterocycles. The van der Waals surface area contributed by atoms with Crippen molar-refractivity contribution in [2.75, 3.05) is 5.01 Å². The summed E-state index contributed by atoms with van der Waals surface area (Å²) in [4.78, 5) is 8.06.